The van der Waals surface area contributed by atoms with Crippen LogP contribution in [-0.4, -0.2) is 6.04 Å². The predicted octanol–water partition coefficient (Wildman–Crippen LogP) is 4.33. The molecular weight excluding hydrogens is 276 g/mol. The van der Waals surface area contributed by atoms with Crippen molar-refractivity contribution in [2.75, 3.05) is 5.32 Å². The minimum absolute atomic E-state index is 0.162. The highest BCUT2D eigenvalue weighted by Gasteiger charge is 2.30. The molecule has 0 spiro atoms. The van der Waals surface area contributed by atoms with E-state index in [-0.39, 0.29) is 16.2 Å². The Bertz CT molecular complexity index is 391. The zero-order chi connectivity index (χ0) is 11.7. The summed E-state index contributed by atoms with van der Waals surface area (Å²) in [7, 11) is 0. The number of rotatable bonds is 4. The largest absolute Gasteiger partial charge is 0.380 e. The summed E-state index contributed by atoms with van der Waals surface area (Å²) in [5, 5.41) is 3.09. The average molecular weight is 290 g/mol. The minimum atomic E-state index is -0.436. The van der Waals surface area contributed by atoms with Crippen LogP contribution in [0.3, 0.4) is 0 Å². The first-order valence-corrected chi connectivity index (χ1v) is 6.32. The van der Waals surface area contributed by atoms with Gasteiger partial charge in [0.15, 0.2) is 0 Å². The van der Waals surface area contributed by atoms with E-state index in [1.165, 1.54) is 18.9 Å². The van der Waals surface area contributed by atoms with Crippen molar-refractivity contribution in [3.63, 3.8) is 0 Å². The summed E-state index contributed by atoms with van der Waals surface area (Å²) in [5.41, 5.74) is 0.263. The third kappa shape index (κ3) is 2.54. The smallest absolute Gasteiger partial charge is 0.147 e. The molecule has 4 heteroatoms. The van der Waals surface area contributed by atoms with Gasteiger partial charge >= 0.3 is 0 Å². The summed E-state index contributed by atoms with van der Waals surface area (Å²) in [6, 6.07) is 2.64. The standard InChI is InChI=1S/C12H14BrF2N/c1-2-11(7-3-4-7)16-12-6-9(14)8(13)5-10(12)15/h5-7,11,16H,2-4H2,1H3. The van der Waals surface area contributed by atoms with Gasteiger partial charge in [-0.25, -0.2) is 8.78 Å². The average Bonchev–Trinajstić information content (AvgIpc) is 3.05. The number of hydrogen-bond donors (Lipinski definition) is 1. The second-order valence-corrected chi connectivity index (χ2v) is 5.10. The molecule has 1 aliphatic rings. The van der Waals surface area contributed by atoms with E-state index >= 15 is 0 Å². The molecule has 1 fully saturated rings. The first-order chi connectivity index (χ1) is 7.61. The molecular formula is C12H14BrF2N. The lowest BCUT2D eigenvalue weighted by Gasteiger charge is -2.18. The van der Waals surface area contributed by atoms with Gasteiger partial charge in [0.2, 0.25) is 0 Å². The second kappa shape index (κ2) is 4.70. The van der Waals surface area contributed by atoms with Crippen LogP contribution in [0.15, 0.2) is 16.6 Å². The van der Waals surface area contributed by atoms with Gasteiger partial charge in [-0.2, -0.15) is 0 Å². The maximum absolute atomic E-state index is 13.6. The molecule has 0 heterocycles. The lowest BCUT2D eigenvalue weighted by Crippen LogP contribution is -2.21. The lowest BCUT2D eigenvalue weighted by molar-refractivity contribution is 0.579. The second-order valence-electron chi connectivity index (χ2n) is 4.24. The molecule has 88 valence electrons. The van der Waals surface area contributed by atoms with Crippen LogP contribution in [0.4, 0.5) is 14.5 Å². The topological polar surface area (TPSA) is 12.0 Å². The number of anilines is 1. The van der Waals surface area contributed by atoms with E-state index < -0.39 is 11.6 Å². The number of nitrogens with one attached hydrogen (secondary N) is 1. The molecule has 0 amide bonds. The van der Waals surface area contributed by atoms with Crippen LogP contribution in [-0.2, 0) is 0 Å². The Morgan fingerprint density at radius 3 is 2.62 bits per heavy atom. The van der Waals surface area contributed by atoms with Crippen LogP contribution in [0.25, 0.3) is 0 Å². The molecule has 1 aromatic carbocycles. The van der Waals surface area contributed by atoms with E-state index in [4.69, 9.17) is 0 Å². The van der Waals surface area contributed by atoms with Gasteiger partial charge in [0.05, 0.1) is 10.2 Å². The van der Waals surface area contributed by atoms with Gasteiger partial charge in [-0.05, 0) is 47.2 Å². The third-order valence-electron chi connectivity index (χ3n) is 2.98. The van der Waals surface area contributed by atoms with Crippen LogP contribution in [0.1, 0.15) is 26.2 Å². The van der Waals surface area contributed by atoms with Gasteiger partial charge in [0.1, 0.15) is 11.6 Å². The molecule has 0 aliphatic heterocycles. The molecule has 0 radical (unpaired) electrons. The first kappa shape index (κ1) is 11.8. The Balaban J connectivity index is 2.16. The van der Waals surface area contributed by atoms with Crippen molar-refractivity contribution in [3.8, 4) is 0 Å². The highest BCUT2D eigenvalue weighted by atomic mass is 79.9. The molecule has 1 nitrogen and oxygen atoms in total. The first-order valence-electron chi connectivity index (χ1n) is 5.53. The molecule has 1 unspecified atom stereocenters. The Morgan fingerprint density at radius 1 is 1.38 bits per heavy atom. The van der Waals surface area contributed by atoms with Gasteiger partial charge in [0.25, 0.3) is 0 Å². The summed E-state index contributed by atoms with van der Waals surface area (Å²) in [6.07, 6.45) is 3.31. The molecule has 0 aromatic heterocycles. The van der Waals surface area contributed by atoms with Crippen molar-refractivity contribution in [1.29, 1.82) is 0 Å². The van der Waals surface area contributed by atoms with Gasteiger partial charge in [-0.3, -0.25) is 0 Å². The van der Waals surface area contributed by atoms with Gasteiger partial charge in [-0.15, -0.1) is 0 Å². The van der Waals surface area contributed by atoms with Crippen molar-refractivity contribution in [3.05, 3.63) is 28.2 Å². The normalized spacial score (nSPS) is 17.2. The van der Waals surface area contributed by atoms with Crippen molar-refractivity contribution in [2.24, 2.45) is 5.92 Å². The van der Waals surface area contributed by atoms with Gasteiger partial charge in [0, 0.05) is 12.1 Å². The van der Waals surface area contributed by atoms with Crippen LogP contribution < -0.4 is 5.32 Å². The van der Waals surface area contributed by atoms with Crippen LogP contribution in [0.2, 0.25) is 0 Å². The van der Waals surface area contributed by atoms with E-state index in [0.717, 1.165) is 12.5 Å². The third-order valence-corrected chi connectivity index (χ3v) is 3.59. The Morgan fingerprint density at radius 2 is 2.06 bits per heavy atom. The molecule has 0 bridgehead atoms. The number of benzene rings is 1. The Kier molecular flexibility index (Phi) is 3.47. The number of halogens is 3. The molecule has 1 atom stereocenters. The van der Waals surface area contributed by atoms with Crippen molar-refractivity contribution < 1.29 is 8.78 Å². The lowest BCUT2D eigenvalue weighted by atomic mass is 10.1. The van der Waals surface area contributed by atoms with E-state index in [1.54, 1.807) is 0 Å². The van der Waals surface area contributed by atoms with Crippen LogP contribution in [0, 0.1) is 17.6 Å². The highest BCUT2D eigenvalue weighted by Crippen LogP contribution is 2.36. The quantitative estimate of drug-likeness (QED) is 0.814. The summed E-state index contributed by atoms with van der Waals surface area (Å²) < 4.78 is 27.0. The monoisotopic (exact) mass is 289 g/mol. The van der Waals surface area contributed by atoms with E-state index in [9.17, 15) is 8.78 Å². The summed E-state index contributed by atoms with van der Waals surface area (Å²) >= 11 is 2.96. The SMILES string of the molecule is CCC(Nc1cc(F)c(Br)cc1F)C1CC1. The maximum atomic E-state index is 13.6. The summed E-state index contributed by atoms with van der Waals surface area (Å²) in [4.78, 5) is 0. The number of hydrogen-bond acceptors (Lipinski definition) is 1. The molecule has 0 saturated heterocycles. The molecule has 16 heavy (non-hydrogen) atoms. The molecule has 1 aliphatic carbocycles. The zero-order valence-corrected chi connectivity index (χ0v) is 10.7. The van der Waals surface area contributed by atoms with Crippen molar-refractivity contribution in [1.82, 2.24) is 0 Å². The fourth-order valence-corrected chi connectivity index (χ4v) is 2.20. The maximum Gasteiger partial charge on any atom is 0.147 e. The zero-order valence-electron chi connectivity index (χ0n) is 9.06. The predicted molar refractivity (Wildman–Crippen MR) is 64.5 cm³/mol. The van der Waals surface area contributed by atoms with Crippen molar-refractivity contribution in [2.45, 2.75) is 32.2 Å². The van der Waals surface area contributed by atoms with E-state index in [2.05, 4.69) is 28.2 Å². The Labute approximate surface area is 102 Å². The van der Waals surface area contributed by atoms with Crippen molar-refractivity contribution >= 4 is 21.6 Å². The molecule has 1 aromatic rings. The van der Waals surface area contributed by atoms with Crippen LogP contribution >= 0.6 is 15.9 Å². The fraction of sp³-hybridized carbons (Fsp3) is 0.500. The molecule has 1 saturated carbocycles. The van der Waals surface area contributed by atoms with E-state index in [0.29, 0.717) is 5.92 Å². The molecule has 2 rings (SSSR count). The summed E-state index contributed by atoms with van der Waals surface area (Å²) in [5.74, 6) is -0.224. The van der Waals surface area contributed by atoms with Gasteiger partial charge < -0.3 is 5.32 Å². The van der Waals surface area contributed by atoms with E-state index in [1.807, 2.05) is 0 Å². The summed E-state index contributed by atoms with van der Waals surface area (Å²) in [6.45, 7) is 2.06. The minimum Gasteiger partial charge on any atom is -0.380 e. The fourth-order valence-electron chi connectivity index (χ4n) is 1.88. The van der Waals surface area contributed by atoms with Crippen LogP contribution in [0.5, 0.6) is 0 Å². The highest BCUT2D eigenvalue weighted by molar-refractivity contribution is 9.10. The molecule has 1 N–H and O–H groups in total. The van der Waals surface area contributed by atoms with Gasteiger partial charge in [-0.1, -0.05) is 6.92 Å². The Hall–Kier alpha value is -0.640.